The predicted octanol–water partition coefficient (Wildman–Crippen LogP) is 1.03. The molecule has 0 aliphatic heterocycles. The molecule has 0 saturated carbocycles. The summed E-state index contributed by atoms with van der Waals surface area (Å²) in [4.78, 5) is 14.4. The highest BCUT2D eigenvalue weighted by molar-refractivity contribution is 5.52. The van der Waals surface area contributed by atoms with Gasteiger partial charge in [-0.25, -0.2) is 18.4 Å². The Bertz CT molecular complexity index is 574. The van der Waals surface area contributed by atoms with Crippen molar-refractivity contribution in [2.75, 3.05) is 0 Å². The summed E-state index contributed by atoms with van der Waals surface area (Å²) in [5.41, 5.74) is -1.95. The summed E-state index contributed by atoms with van der Waals surface area (Å²) >= 11 is 0. The average Bonchev–Trinajstić information content (AvgIpc) is 2.81. The fourth-order valence-electron chi connectivity index (χ4n) is 1.85. The van der Waals surface area contributed by atoms with Crippen LogP contribution in [0.4, 0.5) is 8.78 Å². The van der Waals surface area contributed by atoms with Crippen molar-refractivity contribution in [3.8, 4) is 0 Å². The Kier molecular flexibility index (Phi) is 3.66. The zero-order valence-corrected chi connectivity index (χ0v) is 9.83. The van der Waals surface area contributed by atoms with E-state index in [-0.39, 0.29) is 18.5 Å². The Labute approximate surface area is 107 Å². The van der Waals surface area contributed by atoms with Crippen LogP contribution in [0.15, 0.2) is 30.9 Å². The zero-order valence-electron chi connectivity index (χ0n) is 9.83. The highest BCUT2D eigenvalue weighted by atomic mass is 19.1. The van der Waals surface area contributed by atoms with E-state index in [1.165, 1.54) is 17.3 Å². The van der Waals surface area contributed by atoms with Gasteiger partial charge in [0.1, 0.15) is 36.2 Å². The molecule has 0 spiro atoms. The third-order valence-electron chi connectivity index (χ3n) is 2.74. The van der Waals surface area contributed by atoms with Crippen molar-refractivity contribution in [2.24, 2.45) is 0 Å². The maximum Gasteiger partial charge on any atom is 0.137 e. The summed E-state index contributed by atoms with van der Waals surface area (Å²) < 4.78 is 27.9. The van der Waals surface area contributed by atoms with E-state index in [1.807, 2.05) is 0 Å². The van der Waals surface area contributed by atoms with E-state index >= 15 is 0 Å². The molecule has 1 aromatic carbocycles. The highest BCUT2D eigenvalue weighted by Crippen LogP contribution is 2.28. The van der Waals surface area contributed by atoms with Gasteiger partial charge < -0.3 is 9.90 Å². The van der Waals surface area contributed by atoms with Crippen molar-refractivity contribution in [1.82, 2.24) is 14.8 Å². The molecule has 0 saturated heterocycles. The largest absolute Gasteiger partial charge is 0.383 e. The number of nitrogens with zero attached hydrogens (tertiary/aromatic N) is 3. The van der Waals surface area contributed by atoms with Gasteiger partial charge in [0.25, 0.3) is 0 Å². The van der Waals surface area contributed by atoms with E-state index in [2.05, 4.69) is 10.1 Å². The molecule has 1 aromatic heterocycles. The predicted molar refractivity (Wildman–Crippen MR) is 61.0 cm³/mol. The molecule has 0 aliphatic carbocycles. The molecular weight excluding hydrogens is 256 g/mol. The van der Waals surface area contributed by atoms with Crippen LogP contribution in [0.5, 0.6) is 0 Å². The molecule has 100 valence electrons. The van der Waals surface area contributed by atoms with Crippen molar-refractivity contribution >= 4 is 6.29 Å². The van der Waals surface area contributed by atoms with Crippen LogP contribution in [0, 0.1) is 11.6 Å². The number of benzene rings is 1. The average molecular weight is 267 g/mol. The Morgan fingerprint density at radius 2 is 2.21 bits per heavy atom. The molecule has 19 heavy (non-hydrogen) atoms. The van der Waals surface area contributed by atoms with Crippen LogP contribution in [0.2, 0.25) is 0 Å². The Balaban J connectivity index is 2.40. The number of aliphatic hydroxyl groups is 1. The van der Waals surface area contributed by atoms with Gasteiger partial charge >= 0.3 is 0 Å². The molecule has 1 atom stereocenters. The van der Waals surface area contributed by atoms with Crippen molar-refractivity contribution in [2.45, 2.75) is 18.6 Å². The number of carbonyl (C=O) groups excluding carboxylic acids is 1. The first kappa shape index (κ1) is 13.3. The Morgan fingerprint density at radius 3 is 2.79 bits per heavy atom. The first-order valence-electron chi connectivity index (χ1n) is 5.49. The van der Waals surface area contributed by atoms with Crippen LogP contribution in [0.3, 0.4) is 0 Å². The van der Waals surface area contributed by atoms with E-state index in [9.17, 15) is 18.7 Å². The molecule has 1 heterocycles. The highest BCUT2D eigenvalue weighted by Gasteiger charge is 2.33. The minimum atomic E-state index is -1.80. The van der Waals surface area contributed by atoms with Crippen LogP contribution in [-0.4, -0.2) is 26.2 Å². The summed E-state index contributed by atoms with van der Waals surface area (Å²) in [6.45, 7) is -0.158. The first-order valence-corrected chi connectivity index (χ1v) is 5.49. The molecule has 0 bridgehead atoms. The van der Waals surface area contributed by atoms with Crippen LogP contribution in [0.1, 0.15) is 12.0 Å². The second-order valence-electron chi connectivity index (χ2n) is 4.12. The van der Waals surface area contributed by atoms with Crippen molar-refractivity contribution in [3.05, 3.63) is 48.1 Å². The molecule has 0 aliphatic rings. The third-order valence-corrected chi connectivity index (χ3v) is 2.74. The van der Waals surface area contributed by atoms with Gasteiger partial charge in [-0.3, -0.25) is 0 Å². The van der Waals surface area contributed by atoms with Crippen LogP contribution in [0.25, 0.3) is 0 Å². The normalized spacial score (nSPS) is 14.1. The van der Waals surface area contributed by atoms with Gasteiger partial charge in [-0.1, -0.05) is 6.07 Å². The quantitative estimate of drug-likeness (QED) is 0.822. The monoisotopic (exact) mass is 267 g/mol. The summed E-state index contributed by atoms with van der Waals surface area (Å²) in [5.74, 6) is -1.67. The third kappa shape index (κ3) is 2.82. The molecule has 5 nitrogen and oxygen atoms in total. The van der Waals surface area contributed by atoms with Crippen molar-refractivity contribution in [3.63, 3.8) is 0 Å². The standard InChI is InChI=1S/C12H11F2N3O2/c13-9-1-2-10(11(14)5-9)12(19,3-4-18)6-17-8-15-7-16-17/h1-2,4-5,7-8,19H,3,6H2. The second-order valence-corrected chi connectivity index (χ2v) is 4.12. The minimum Gasteiger partial charge on any atom is -0.383 e. The molecule has 1 N–H and O–H groups in total. The summed E-state index contributed by atoms with van der Waals surface area (Å²) in [6.07, 6.45) is 2.72. The molecule has 0 radical (unpaired) electrons. The Hall–Kier alpha value is -2.15. The summed E-state index contributed by atoms with van der Waals surface area (Å²) in [5, 5.41) is 14.2. The van der Waals surface area contributed by atoms with E-state index in [0.29, 0.717) is 12.4 Å². The van der Waals surface area contributed by atoms with E-state index in [1.54, 1.807) is 0 Å². The maximum absolute atomic E-state index is 13.7. The summed E-state index contributed by atoms with van der Waals surface area (Å²) in [7, 11) is 0. The van der Waals surface area contributed by atoms with E-state index in [0.717, 1.165) is 12.1 Å². The molecule has 0 fully saturated rings. The summed E-state index contributed by atoms with van der Waals surface area (Å²) in [6, 6.07) is 2.80. The van der Waals surface area contributed by atoms with Gasteiger partial charge in [-0.15, -0.1) is 0 Å². The Morgan fingerprint density at radius 1 is 1.42 bits per heavy atom. The van der Waals surface area contributed by atoms with Gasteiger partial charge in [0.2, 0.25) is 0 Å². The molecule has 7 heteroatoms. The van der Waals surface area contributed by atoms with Crippen LogP contribution >= 0.6 is 0 Å². The van der Waals surface area contributed by atoms with Crippen LogP contribution in [-0.2, 0) is 16.9 Å². The van der Waals surface area contributed by atoms with Crippen LogP contribution < -0.4 is 0 Å². The van der Waals surface area contributed by atoms with Crippen molar-refractivity contribution < 1.29 is 18.7 Å². The number of hydrogen-bond donors (Lipinski definition) is 1. The molecular formula is C12H11F2N3O2. The molecule has 2 aromatic rings. The fraction of sp³-hybridized carbons (Fsp3) is 0.250. The van der Waals surface area contributed by atoms with Gasteiger partial charge in [0.15, 0.2) is 0 Å². The van der Waals surface area contributed by atoms with Gasteiger partial charge in [0.05, 0.1) is 6.54 Å². The lowest BCUT2D eigenvalue weighted by molar-refractivity contribution is -0.113. The molecule has 1 unspecified atom stereocenters. The number of aldehydes is 1. The SMILES string of the molecule is O=CCC(O)(Cn1cncn1)c1ccc(F)cc1F. The van der Waals surface area contributed by atoms with Crippen molar-refractivity contribution in [1.29, 1.82) is 0 Å². The number of aromatic nitrogens is 3. The smallest absolute Gasteiger partial charge is 0.137 e. The number of halogens is 2. The van der Waals surface area contributed by atoms with Gasteiger partial charge in [-0.05, 0) is 6.07 Å². The minimum absolute atomic E-state index is 0.156. The lowest BCUT2D eigenvalue weighted by Gasteiger charge is -2.26. The van der Waals surface area contributed by atoms with E-state index in [4.69, 9.17) is 0 Å². The molecule has 0 amide bonds. The number of carbonyl (C=O) groups is 1. The first-order chi connectivity index (χ1) is 9.05. The maximum atomic E-state index is 13.7. The van der Waals surface area contributed by atoms with Gasteiger partial charge in [-0.2, -0.15) is 5.10 Å². The lowest BCUT2D eigenvalue weighted by Crippen LogP contribution is -2.33. The zero-order chi connectivity index (χ0) is 13.9. The lowest BCUT2D eigenvalue weighted by atomic mass is 9.90. The van der Waals surface area contributed by atoms with Gasteiger partial charge in [0, 0.05) is 18.1 Å². The fourth-order valence-corrected chi connectivity index (χ4v) is 1.85. The second kappa shape index (κ2) is 5.23. The van der Waals surface area contributed by atoms with E-state index < -0.39 is 17.2 Å². The number of rotatable bonds is 5. The molecule has 2 rings (SSSR count). The topological polar surface area (TPSA) is 68.0 Å². The number of hydrogen-bond acceptors (Lipinski definition) is 4.